The van der Waals surface area contributed by atoms with Crippen LogP contribution in [-0.4, -0.2) is 24.9 Å². The number of benzene rings is 1. The Balaban J connectivity index is 2.38. The van der Waals surface area contributed by atoms with Crippen molar-refractivity contribution in [2.75, 3.05) is 14.1 Å². The third kappa shape index (κ3) is 2.56. The van der Waals surface area contributed by atoms with Crippen molar-refractivity contribution in [1.82, 2.24) is 4.90 Å². The maximum atomic E-state index is 11.9. The van der Waals surface area contributed by atoms with Gasteiger partial charge in [-0.05, 0) is 36.8 Å². The topological polar surface area (TPSA) is 20.3 Å². The zero-order valence-electron chi connectivity index (χ0n) is 10.2. The molecule has 0 atom stereocenters. The Labute approximate surface area is 106 Å². The van der Waals surface area contributed by atoms with Gasteiger partial charge in [0, 0.05) is 29.4 Å². The van der Waals surface area contributed by atoms with Crippen LogP contribution in [-0.2, 0) is 0 Å². The van der Waals surface area contributed by atoms with Gasteiger partial charge in [0.1, 0.15) is 0 Å². The van der Waals surface area contributed by atoms with Crippen LogP contribution < -0.4 is 0 Å². The Kier molecular flexibility index (Phi) is 3.29. The first kappa shape index (κ1) is 11.9. The monoisotopic (exact) mass is 245 g/mol. The molecule has 1 aromatic carbocycles. The van der Waals surface area contributed by atoms with Crippen molar-refractivity contribution in [3.8, 4) is 10.4 Å². The van der Waals surface area contributed by atoms with Crippen LogP contribution >= 0.6 is 11.3 Å². The van der Waals surface area contributed by atoms with Gasteiger partial charge in [-0.3, -0.25) is 4.79 Å². The maximum absolute atomic E-state index is 11.9. The van der Waals surface area contributed by atoms with E-state index in [1.807, 2.05) is 24.3 Å². The molecular weight excluding hydrogens is 230 g/mol. The van der Waals surface area contributed by atoms with Gasteiger partial charge in [0.15, 0.2) is 0 Å². The first-order chi connectivity index (χ1) is 8.08. The number of amides is 1. The lowest BCUT2D eigenvalue weighted by molar-refractivity contribution is 0.0827. The number of thiophene rings is 1. The molecule has 0 aliphatic rings. The summed E-state index contributed by atoms with van der Waals surface area (Å²) in [5.41, 5.74) is 1.84. The highest BCUT2D eigenvalue weighted by atomic mass is 32.1. The molecule has 88 valence electrons. The smallest absolute Gasteiger partial charge is 0.253 e. The average Bonchev–Trinajstić information content (AvgIpc) is 2.75. The summed E-state index contributed by atoms with van der Waals surface area (Å²) in [5.74, 6) is 0.0418. The van der Waals surface area contributed by atoms with E-state index in [2.05, 4.69) is 19.1 Å². The average molecular weight is 245 g/mol. The van der Waals surface area contributed by atoms with Gasteiger partial charge in [-0.1, -0.05) is 12.1 Å². The van der Waals surface area contributed by atoms with Crippen molar-refractivity contribution in [1.29, 1.82) is 0 Å². The summed E-state index contributed by atoms with van der Waals surface area (Å²) >= 11 is 1.74. The van der Waals surface area contributed by atoms with Crippen LogP contribution in [0, 0.1) is 6.92 Å². The minimum absolute atomic E-state index is 0.0418. The van der Waals surface area contributed by atoms with Crippen LogP contribution in [0.25, 0.3) is 10.4 Å². The Morgan fingerprint density at radius 2 is 1.94 bits per heavy atom. The van der Waals surface area contributed by atoms with Gasteiger partial charge < -0.3 is 4.90 Å². The van der Waals surface area contributed by atoms with E-state index in [9.17, 15) is 4.79 Å². The van der Waals surface area contributed by atoms with E-state index in [0.717, 1.165) is 11.1 Å². The van der Waals surface area contributed by atoms with Gasteiger partial charge >= 0.3 is 0 Å². The number of carbonyl (C=O) groups is 1. The second-order valence-corrected chi connectivity index (χ2v) is 5.48. The second-order valence-electron chi connectivity index (χ2n) is 4.19. The molecule has 0 aliphatic carbocycles. The lowest BCUT2D eigenvalue weighted by Gasteiger charge is -2.10. The fourth-order valence-corrected chi connectivity index (χ4v) is 2.52. The fourth-order valence-electron chi connectivity index (χ4n) is 1.65. The van der Waals surface area contributed by atoms with E-state index in [0.29, 0.717) is 0 Å². The number of hydrogen-bond acceptors (Lipinski definition) is 2. The van der Waals surface area contributed by atoms with Crippen molar-refractivity contribution in [3.05, 3.63) is 46.8 Å². The zero-order valence-corrected chi connectivity index (χ0v) is 11.0. The number of carbonyl (C=O) groups excluding carboxylic acids is 1. The first-order valence-corrected chi connectivity index (χ1v) is 6.28. The molecule has 2 aromatic rings. The molecule has 1 amide bonds. The fraction of sp³-hybridized carbons (Fsp3) is 0.214. The van der Waals surface area contributed by atoms with E-state index < -0.39 is 0 Å². The molecule has 3 heteroatoms. The number of hydrogen-bond donors (Lipinski definition) is 0. The largest absolute Gasteiger partial charge is 0.345 e. The summed E-state index contributed by atoms with van der Waals surface area (Å²) in [4.78, 5) is 15.9. The Morgan fingerprint density at radius 1 is 1.18 bits per heavy atom. The number of nitrogens with zero attached hydrogens (tertiary/aromatic N) is 1. The Hall–Kier alpha value is -1.61. The predicted molar refractivity (Wildman–Crippen MR) is 72.5 cm³/mol. The van der Waals surface area contributed by atoms with Gasteiger partial charge in [0.25, 0.3) is 5.91 Å². The molecule has 2 rings (SSSR count). The van der Waals surface area contributed by atoms with E-state index in [1.54, 1.807) is 30.3 Å². The Morgan fingerprint density at radius 3 is 2.53 bits per heavy atom. The normalized spacial score (nSPS) is 10.3. The number of aryl methyl sites for hydroxylation is 1. The summed E-state index contributed by atoms with van der Waals surface area (Å²) in [5, 5.41) is 0. The van der Waals surface area contributed by atoms with Crippen LogP contribution in [0.15, 0.2) is 36.4 Å². The summed E-state index contributed by atoms with van der Waals surface area (Å²) in [7, 11) is 3.54. The van der Waals surface area contributed by atoms with E-state index in [1.165, 1.54) is 9.75 Å². The minimum atomic E-state index is 0.0418. The highest BCUT2D eigenvalue weighted by molar-refractivity contribution is 7.15. The standard InChI is InChI=1S/C14H15NOS/c1-10-7-8-13(17-10)11-5-4-6-12(9-11)14(16)15(2)3/h4-9H,1-3H3. The lowest BCUT2D eigenvalue weighted by Crippen LogP contribution is -2.21. The minimum Gasteiger partial charge on any atom is -0.345 e. The SMILES string of the molecule is Cc1ccc(-c2cccc(C(=O)N(C)C)c2)s1. The van der Waals surface area contributed by atoms with Crippen LogP contribution in [0.1, 0.15) is 15.2 Å². The zero-order chi connectivity index (χ0) is 12.4. The second kappa shape index (κ2) is 4.72. The summed E-state index contributed by atoms with van der Waals surface area (Å²) in [6, 6.07) is 12.0. The summed E-state index contributed by atoms with van der Waals surface area (Å²) < 4.78 is 0. The number of rotatable bonds is 2. The molecule has 0 N–H and O–H groups in total. The van der Waals surface area contributed by atoms with Gasteiger partial charge in [0.2, 0.25) is 0 Å². The quantitative estimate of drug-likeness (QED) is 0.794. The summed E-state index contributed by atoms with van der Waals surface area (Å²) in [6.45, 7) is 2.09. The molecule has 0 bridgehead atoms. The first-order valence-electron chi connectivity index (χ1n) is 5.46. The summed E-state index contributed by atoms with van der Waals surface area (Å²) in [6.07, 6.45) is 0. The van der Waals surface area contributed by atoms with Gasteiger partial charge in [0.05, 0.1) is 0 Å². The van der Waals surface area contributed by atoms with Crippen molar-refractivity contribution in [2.45, 2.75) is 6.92 Å². The van der Waals surface area contributed by atoms with Crippen LogP contribution in [0.2, 0.25) is 0 Å². The lowest BCUT2D eigenvalue weighted by atomic mass is 10.1. The van der Waals surface area contributed by atoms with Crippen molar-refractivity contribution >= 4 is 17.2 Å². The predicted octanol–water partition coefficient (Wildman–Crippen LogP) is 3.43. The highest BCUT2D eigenvalue weighted by Gasteiger charge is 2.09. The van der Waals surface area contributed by atoms with Crippen molar-refractivity contribution < 1.29 is 4.79 Å². The third-order valence-corrected chi connectivity index (χ3v) is 3.59. The molecule has 2 nitrogen and oxygen atoms in total. The van der Waals surface area contributed by atoms with Gasteiger partial charge in [-0.15, -0.1) is 11.3 Å². The van der Waals surface area contributed by atoms with Crippen LogP contribution in [0.5, 0.6) is 0 Å². The van der Waals surface area contributed by atoms with Crippen LogP contribution in [0.4, 0.5) is 0 Å². The van der Waals surface area contributed by atoms with Crippen molar-refractivity contribution in [2.24, 2.45) is 0 Å². The molecule has 17 heavy (non-hydrogen) atoms. The molecule has 0 unspecified atom stereocenters. The molecule has 0 radical (unpaired) electrons. The molecule has 1 aromatic heterocycles. The maximum Gasteiger partial charge on any atom is 0.253 e. The molecule has 0 saturated heterocycles. The Bertz CT molecular complexity index is 543. The van der Waals surface area contributed by atoms with Crippen molar-refractivity contribution in [3.63, 3.8) is 0 Å². The highest BCUT2D eigenvalue weighted by Crippen LogP contribution is 2.28. The van der Waals surface area contributed by atoms with E-state index in [-0.39, 0.29) is 5.91 Å². The molecule has 0 saturated carbocycles. The third-order valence-electron chi connectivity index (χ3n) is 2.54. The van der Waals surface area contributed by atoms with Gasteiger partial charge in [-0.25, -0.2) is 0 Å². The van der Waals surface area contributed by atoms with Gasteiger partial charge in [-0.2, -0.15) is 0 Å². The van der Waals surface area contributed by atoms with E-state index in [4.69, 9.17) is 0 Å². The van der Waals surface area contributed by atoms with E-state index >= 15 is 0 Å². The molecule has 0 spiro atoms. The molecular formula is C14H15NOS. The van der Waals surface area contributed by atoms with Crippen LogP contribution in [0.3, 0.4) is 0 Å². The molecule has 0 aliphatic heterocycles. The molecule has 1 heterocycles. The molecule has 0 fully saturated rings.